The van der Waals surface area contributed by atoms with Gasteiger partial charge in [-0.2, -0.15) is 0 Å². The van der Waals surface area contributed by atoms with Gasteiger partial charge in [0, 0.05) is 13.1 Å². The van der Waals surface area contributed by atoms with Gasteiger partial charge in [-0.25, -0.2) is 8.42 Å². The number of carbonyl (C=O) groups is 1. The van der Waals surface area contributed by atoms with E-state index >= 15 is 0 Å². The van der Waals surface area contributed by atoms with Crippen LogP contribution in [-0.4, -0.2) is 55.9 Å². The Kier molecular flexibility index (Phi) is 5.59. The minimum Gasteiger partial charge on any atom is -0.353 e. The van der Waals surface area contributed by atoms with E-state index in [1.807, 2.05) is 6.92 Å². The molecule has 1 N–H and O–H groups in total. The molecule has 6 heteroatoms. The first kappa shape index (κ1) is 15.4. The molecule has 1 heterocycles. The second kappa shape index (κ2) is 6.52. The van der Waals surface area contributed by atoms with Crippen molar-refractivity contribution in [3.05, 3.63) is 0 Å². The monoisotopic (exact) mass is 276 g/mol. The molecular formula is C12H24N2O3S. The fourth-order valence-electron chi connectivity index (χ4n) is 2.18. The van der Waals surface area contributed by atoms with Crippen molar-refractivity contribution in [2.45, 2.75) is 44.9 Å². The number of hydrogen-bond acceptors (Lipinski definition) is 4. The Labute approximate surface area is 110 Å². The van der Waals surface area contributed by atoms with Gasteiger partial charge in [-0.3, -0.25) is 9.69 Å². The van der Waals surface area contributed by atoms with Crippen LogP contribution in [0.5, 0.6) is 0 Å². The van der Waals surface area contributed by atoms with Gasteiger partial charge in [-0.05, 0) is 33.2 Å². The van der Waals surface area contributed by atoms with Crippen LogP contribution < -0.4 is 5.32 Å². The molecule has 18 heavy (non-hydrogen) atoms. The molecule has 1 aliphatic heterocycles. The van der Waals surface area contributed by atoms with Crippen molar-refractivity contribution in [1.82, 2.24) is 10.2 Å². The minimum absolute atomic E-state index is 0.0652. The topological polar surface area (TPSA) is 66.5 Å². The van der Waals surface area contributed by atoms with Gasteiger partial charge < -0.3 is 5.32 Å². The van der Waals surface area contributed by atoms with Crippen molar-refractivity contribution in [3.63, 3.8) is 0 Å². The smallest absolute Gasteiger partial charge is 0.237 e. The molecule has 1 rings (SSSR count). The van der Waals surface area contributed by atoms with Crippen molar-refractivity contribution < 1.29 is 13.2 Å². The summed E-state index contributed by atoms with van der Waals surface area (Å²) < 4.78 is 23.4. The molecule has 1 amide bonds. The number of hydrogen-bond donors (Lipinski definition) is 1. The first-order valence-corrected chi connectivity index (χ1v) is 8.33. The Morgan fingerprint density at radius 1 is 1.44 bits per heavy atom. The van der Waals surface area contributed by atoms with Crippen molar-refractivity contribution >= 4 is 15.7 Å². The van der Waals surface area contributed by atoms with Gasteiger partial charge in [-0.15, -0.1) is 0 Å². The fourth-order valence-corrected chi connectivity index (χ4v) is 3.18. The van der Waals surface area contributed by atoms with Crippen LogP contribution in [0, 0.1) is 0 Å². The summed E-state index contributed by atoms with van der Waals surface area (Å²) in [7, 11) is -2.96. The van der Waals surface area contributed by atoms with Gasteiger partial charge in [-0.1, -0.05) is 6.92 Å². The second-order valence-electron chi connectivity index (χ2n) is 5.02. The Hall–Kier alpha value is -0.620. The highest BCUT2D eigenvalue weighted by atomic mass is 32.2. The Morgan fingerprint density at radius 2 is 2.11 bits per heavy atom. The summed E-state index contributed by atoms with van der Waals surface area (Å²) in [5.74, 6) is 0.273. The molecule has 0 aromatic rings. The predicted octanol–water partition coefficient (Wildman–Crippen LogP) is 0.410. The summed E-state index contributed by atoms with van der Waals surface area (Å²) in [5, 5.41) is 2.52. The second-order valence-corrected chi connectivity index (χ2v) is 7.70. The molecule has 0 aromatic carbocycles. The quantitative estimate of drug-likeness (QED) is 0.763. The molecule has 0 radical (unpaired) electrons. The molecule has 0 spiro atoms. The largest absolute Gasteiger partial charge is 0.353 e. The zero-order valence-corrected chi connectivity index (χ0v) is 12.3. The summed E-state index contributed by atoms with van der Waals surface area (Å²) in [6, 6.07) is -0.0968. The number of carbonyl (C=O) groups excluding carboxylic acids is 1. The summed E-state index contributed by atoms with van der Waals surface area (Å²) in [4.78, 5) is 13.7. The maximum absolute atomic E-state index is 11.7. The number of amides is 1. The van der Waals surface area contributed by atoms with E-state index < -0.39 is 9.84 Å². The van der Waals surface area contributed by atoms with Crippen LogP contribution in [0.4, 0.5) is 0 Å². The lowest BCUT2D eigenvalue weighted by Crippen LogP contribution is -2.55. The number of piperazine rings is 1. The van der Waals surface area contributed by atoms with Gasteiger partial charge in [0.15, 0.2) is 9.84 Å². The van der Waals surface area contributed by atoms with Gasteiger partial charge in [0.25, 0.3) is 0 Å². The van der Waals surface area contributed by atoms with E-state index in [1.54, 1.807) is 13.8 Å². The van der Waals surface area contributed by atoms with E-state index in [1.165, 1.54) is 0 Å². The van der Waals surface area contributed by atoms with Crippen LogP contribution in [-0.2, 0) is 14.6 Å². The highest BCUT2D eigenvalue weighted by Crippen LogP contribution is 2.10. The van der Waals surface area contributed by atoms with Gasteiger partial charge in [0.05, 0.1) is 17.0 Å². The third kappa shape index (κ3) is 3.95. The summed E-state index contributed by atoms with van der Waals surface area (Å²) in [6.45, 7) is 7.54. The Balaban J connectivity index is 2.45. The SMILES string of the molecule is CCC1C(=O)NCCN1CCCS(=O)(=O)C(C)C. The van der Waals surface area contributed by atoms with Crippen molar-refractivity contribution in [1.29, 1.82) is 0 Å². The van der Waals surface area contributed by atoms with Crippen LogP contribution in [0.3, 0.4) is 0 Å². The van der Waals surface area contributed by atoms with E-state index in [0.29, 0.717) is 19.5 Å². The first-order chi connectivity index (χ1) is 8.38. The Morgan fingerprint density at radius 3 is 2.67 bits per heavy atom. The average molecular weight is 276 g/mol. The molecule has 0 aromatic heterocycles. The molecule has 1 atom stereocenters. The average Bonchev–Trinajstić information content (AvgIpc) is 2.29. The Bertz CT molecular complexity index is 379. The lowest BCUT2D eigenvalue weighted by Gasteiger charge is -2.34. The van der Waals surface area contributed by atoms with Crippen LogP contribution in [0.15, 0.2) is 0 Å². The maximum atomic E-state index is 11.7. The number of rotatable bonds is 6. The van der Waals surface area contributed by atoms with Crippen LogP contribution in [0.2, 0.25) is 0 Å². The lowest BCUT2D eigenvalue weighted by atomic mass is 10.1. The molecule has 1 unspecified atom stereocenters. The zero-order valence-electron chi connectivity index (χ0n) is 11.5. The number of nitrogens with zero attached hydrogens (tertiary/aromatic N) is 1. The van der Waals surface area contributed by atoms with E-state index in [9.17, 15) is 13.2 Å². The molecular weight excluding hydrogens is 252 g/mol. The molecule has 0 aliphatic carbocycles. The van der Waals surface area contributed by atoms with Gasteiger partial charge >= 0.3 is 0 Å². The minimum atomic E-state index is -2.96. The molecule has 1 saturated heterocycles. The van der Waals surface area contributed by atoms with Gasteiger partial charge in [0.1, 0.15) is 0 Å². The number of sulfone groups is 1. The fraction of sp³-hybridized carbons (Fsp3) is 0.917. The highest BCUT2D eigenvalue weighted by molar-refractivity contribution is 7.91. The molecule has 0 bridgehead atoms. The lowest BCUT2D eigenvalue weighted by molar-refractivity contribution is -0.129. The number of nitrogens with one attached hydrogen (secondary N) is 1. The predicted molar refractivity (Wildman–Crippen MR) is 72.2 cm³/mol. The van der Waals surface area contributed by atoms with Gasteiger partial charge in [0.2, 0.25) is 5.91 Å². The molecule has 5 nitrogen and oxygen atoms in total. The molecule has 0 saturated carbocycles. The van der Waals surface area contributed by atoms with Crippen molar-refractivity contribution in [2.24, 2.45) is 0 Å². The van der Waals surface area contributed by atoms with E-state index in [4.69, 9.17) is 0 Å². The third-order valence-electron chi connectivity index (χ3n) is 3.42. The van der Waals surface area contributed by atoms with E-state index in [0.717, 1.165) is 13.0 Å². The van der Waals surface area contributed by atoms with Crippen LogP contribution in [0.1, 0.15) is 33.6 Å². The standard InChI is InChI=1S/C12H24N2O3S/c1-4-11-12(15)13-6-8-14(11)7-5-9-18(16,17)10(2)3/h10-11H,4-9H2,1-3H3,(H,13,15). The maximum Gasteiger partial charge on any atom is 0.237 e. The normalized spacial score (nSPS) is 22.2. The van der Waals surface area contributed by atoms with Crippen LogP contribution >= 0.6 is 0 Å². The summed E-state index contributed by atoms with van der Waals surface area (Å²) >= 11 is 0. The van der Waals surface area contributed by atoms with E-state index in [2.05, 4.69) is 10.2 Å². The van der Waals surface area contributed by atoms with Crippen molar-refractivity contribution in [3.8, 4) is 0 Å². The zero-order chi connectivity index (χ0) is 13.8. The van der Waals surface area contributed by atoms with Crippen molar-refractivity contribution in [2.75, 3.05) is 25.4 Å². The summed E-state index contributed by atoms with van der Waals surface area (Å²) in [6.07, 6.45) is 1.37. The first-order valence-electron chi connectivity index (χ1n) is 6.61. The van der Waals surface area contributed by atoms with E-state index in [-0.39, 0.29) is 23.0 Å². The third-order valence-corrected chi connectivity index (χ3v) is 5.71. The van der Waals surface area contributed by atoms with Crippen LogP contribution in [0.25, 0.3) is 0 Å². The summed E-state index contributed by atoms with van der Waals surface area (Å²) in [5.41, 5.74) is 0. The molecule has 106 valence electrons. The highest BCUT2D eigenvalue weighted by Gasteiger charge is 2.27. The molecule has 1 aliphatic rings. The molecule has 1 fully saturated rings.